The molecule has 0 amide bonds. The highest BCUT2D eigenvalue weighted by Crippen LogP contribution is 2.12. The van der Waals surface area contributed by atoms with Crippen LogP contribution in [0.3, 0.4) is 0 Å². The van der Waals surface area contributed by atoms with Gasteiger partial charge in [-0.25, -0.2) is 4.99 Å². The number of aromatic nitrogens is 1. The van der Waals surface area contributed by atoms with E-state index in [1.807, 2.05) is 20.8 Å². The first kappa shape index (κ1) is 17.2. The number of nitrogens with one attached hydrogen (secondary N) is 2. The van der Waals surface area contributed by atoms with E-state index in [2.05, 4.69) is 34.6 Å². The molecule has 104 valence electrons. The Morgan fingerprint density at radius 3 is 2.50 bits per heavy atom. The Hall–Kier alpha value is -0.790. The minimum atomic E-state index is 0. The number of guanidine groups is 1. The molecule has 0 aliphatic carbocycles. The molecule has 1 aromatic heterocycles. The summed E-state index contributed by atoms with van der Waals surface area (Å²) in [6, 6.07) is 0.359. The normalized spacial score (nSPS) is 11.3. The summed E-state index contributed by atoms with van der Waals surface area (Å²) >= 11 is 0. The topological polar surface area (TPSA) is 62.5 Å². The van der Waals surface area contributed by atoms with Gasteiger partial charge in [0.15, 0.2) is 5.96 Å². The molecular weight excluding hydrogens is 343 g/mol. The zero-order valence-corrected chi connectivity index (χ0v) is 14.0. The second-order valence-corrected chi connectivity index (χ2v) is 4.30. The minimum Gasteiger partial charge on any atom is -0.361 e. The number of hydrogen-bond donors (Lipinski definition) is 2. The van der Waals surface area contributed by atoms with Gasteiger partial charge in [0.2, 0.25) is 0 Å². The van der Waals surface area contributed by atoms with Crippen molar-refractivity contribution in [2.75, 3.05) is 6.54 Å². The van der Waals surface area contributed by atoms with Gasteiger partial charge in [0.05, 0.1) is 12.2 Å². The van der Waals surface area contributed by atoms with Crippen LogP contribution >= 0.6 is 24.0 Å². The average Bonchev–Trinajstić information content (AvgIpc) is 2.55. The molecule has 0 aromatic carbocycles. The van der Waals surface area contributed by atoms with Gasteiger partial charge in [-0.3, -0.25) is 0 Å². The van der Waals surface area contributed by atoms with Crippen LogP contribution in [0.25, 0.3) is 0 Å². The minimum absolute atomic E-state index is 0. The Balaban J connectivity index is 0.00000289. The van der Waals surface area contributed by atoms with E-state index in [-0.39, 0.29) is 24.0 Å². The summed E-state index contributed by atoms with van der Waals surface area (Å²) in [5.41, 5.74) is 1.97. The van der Waals surface area contributed by atoms with E-state index in [1.54, 1.807) is 0 Å². The van der Waals surface area contributed by atoms with Gasteiger partial charge in [0.1, 0.15) is 5.76 Å². The average molecular weight is 366 g/mol. The molecule has 0 unspecified atom stereocenters. The molecular formula is C12H23IN4O. The fraction of sp³-hybridized carbons (Fsp3) is 0.667. The second kappa shape index (κ2) is 8.34. The summed E-state index contributed by atoms with van der Waals surface area (Å²) in [5.74, 6) is 1.66. The molecule has 0 aliphatic rings. The summed E-state index contributed by atoms with van der Waals surface area (Å²) in [4.78, 5) is 4.51. The molecule has 0 saturated carbocycles. The summed E-state index contributed by atoms with van der Waals surface area (Å²) < 4.78 is 5.11. The first-order valence-electron chi connectivity index (χ1n) is 6.01. The third-order valence-electron chi connectivity index (χ3n) is 2.35. The van der Waals surface area contributed by atoms with E-state index in [0.29, 0.717) is 12.6 Å². The molecule has 1 aromatic rings. The maximum Gasteiger partial charge on any atom is 0.191 e. The van der Waals surface area contributed by atoms with E-state index in [0.717, 1.165) is 29.5 Å². The highest BCUT2D eigenvalue weighted by Gasteiger charge is 2.08. The van der Waals surface area contributed by atoms with Gasteiger partial charge in [0, 0.05) is 18.2 Å². The summed E-state index contributed by atoms with van der Waals surface area (Å²) in [6.07, 6.45) is 0. The van der Waals surface area contributed by atoms with Crippen molar-refractivity contribution in [2.45, 2.75) is 47.2 Å². The van der Waals surface area contributed by atoms with E-state index in [1.165, 1.54) is 0 Å². The highest BCUT2D eigenvalue weighted by molar-refractivity contribution is 14.0. The lowest BCUT2D eigenvalue weighted by atomic mass is 10.2. The largest absolute Gasteiger partial charge is 0.361 e. The van der Waals surface area contributed by atoms with Gasteiger partial charge in [-0.1, -0.05) is 5.16 Å². The summed E-state index contributed by atoms with van der Waals surface area (Å²) in [7, 11) is 0. The number of rotatable bonds is 4. The zero-order chi connectivity index (χ0) is 12.8. The third-order valence-corrected chi connectivity index (χ3v) is 2.35. The van der Waals surface area contributed by atoms with Crippen molar-refractivity contribution in [3.63, 3.8) is 0 Å². The van der Waals surface area contributed by atoms with Crippen molar-refractivity contribution in [2.24, 2.45) is 4.99 Å². The Morgan fingerprint density at radius 2 is 2.06 bits per heavy atom. The van der Waals surface area contributed by atoms with Crippen molar-refractivity contribution in [3.05, 3.63) is 17.0 Å². The number of nitrogens with zero attached hydrogens (tertiary/aromatic N) is 2. The Kier molecular flexibility index (Phi) is 7.97. The molecule has 0 fully saturated rings. The number of aliphatic imine (C=N–C) groups is 1. The van der Waals surface area contributed by atoms with Crippen molar-refractivity contribution in [1.29, 1.82) is 0 Å². The summed E-state index contributed by atoms with van der Waals surface area (Å²) in [5, 5.41) is 10.4. The molecule has 0 spiro atoms. The Morgan fingerprint density at radius 1 is 1.39 bits per heavy atom. The standard InChI is InChI=1S/C12H22N4O.HI/c1-6-13-12(15-8(2)3)14-7-11-9(4)16-17-10(11)5;/h8H,6-7H2,1-5H3,(H2,13,14,15);1H. The lowest BCUT2D eigenvalue weighted by molar-refractivity contribution is 0.392. The van der Waals surface area contributed by atoms with Crippen LogP contribution in [-0.4, -0.2) is 23.7 Å². The molecule has 0 saturated heterocycles. The van der Waals surface area contributed by atoms with Gasteiger partial charge in [0.25, 0.3) is 0 Å². The van der Waals surface area contributed by atoms with Crippen molar-refractivity contribution in [1.82, 2.24) is 15.8 Å². The van der Waals surface area contributed by atoms with E-state index < -0.39 is 0 Å². The monoisotopic (exact) mass is 366 g/mol. The molecule has 0 atom stereocenters. The number of halogens is 1. The van der Waals surface area contributed by atoms with Crippen molar-refractivity contribution in [3.8, 4) is 0 Å². The Labute approximate surface area is 126 Å². The smallest absolute Gasteiger partial charge is 0.191 e. The van der Waals surface area contributed by atoms with E-state index >= 15 is 0 Å². The first-order chi connectivity index (χ1) is 8.04. The van der Waals surface area contributed by atoms with Crippen LogP contribution in [0.4, 0.5) is 0 Å². The maximum absolute atomic E-state index is 5.11. The SMILES string of the molecule is CCNC(=NCc1c(C)noc1C)NC(C)C.I. The van der Waals surface area contributed by atoms with Gasteiger partial charge < -0.3 is 15.2 Å². The van der Waals surface area contributed by atoms with Crippen LogP contribution < -0.4 is 10.6 Å². The van der Waals surface area contributed by atoms with Crippen LogP contribution in [0.15, 0.2) is 9.52 Å². The fourth-order valence-corrected chi connectivity index (χ4v) is 1.48. The number of hydrogen-bond acceptors (Lipinski definition) is 3. The van der Waals surface area contributed by atoms with Crippen LogP contribution in [0.1, 0.15) is 37.8 Å². The lowest BCUT2D eigenvalue weighted by Crippen LogP contribution is -2.41. The molecule has 0 aliphatic heterocycles. The molecule has 1 heterocycles. The van der Waals surface area contributed by atoms with Crippen molar-refractivity contribution >= 4 is 29.9 Å². The predicted octanol–water partition coefficient (Wildman–Crippen LogP) is 2.37. The van der Waals surface area contributed by atoms with Crippen molar-refractivity contribution < 1.29 is 4.52 Å². The van der Waals surface area contributed by atoms with Crippen LogP contribution in [-0.2, 0) is 6.54 Å². The lowest BCUT2D eigenvalue weighted by Gasteiger charge is -2.13. The fourth-order valence-electron chi connectivity index (χ4n) is 1.48. The molecule has 1 rings (SSSR count). The van der Waals surface area contributed by atoms with Gasteiger partial charge >= 0.3 is 0 Å². The van der Waals surface area contributed by atoms with Crippen LogP contribution in [0, 0.1) is 13.8 Å². The van der Waals surface area contributed by atoms with E-state index in [4.69, 9.17) is 4.52 Å². The predicted molar refractivity (Wildman–Crippen MR) is 84.5 cm³/mol. The zero-order valence-electron chi connectivity index (χ0n) is 11.7. The van der Waals surface area contributed by atoms with Gasteiger partial charge in [-0.2, -0.15) is 0 Å². The first-order valence-corrected chi connectivity index (χ1v) is 6.01. The summed E-state index contributed by atoms with van der Waals surface area (Å²) in [6.45, 7) is 11.5. The van der Waals surface area contributed by atoms with Crippen LogP contribution in [0.2, 0.25) is 0 Å². The molecule has 5 nitrogen and oxygen atoms in total. The highest BCUT2D eigenvalue weighted by atomic mass is 127. The molecule has 18 heavy (non-hydrogen) atoms. The van der Waals surface area contributed by atoms with E-state index in [9.17, 15) is 0 Å². The molecule has 0 bridgehead atoms. The van der Waals surface area contributed by atoms with Crippen LogP contribution in [0.5, 0.6) is 0 Å². The quantitative estimate of drug-likeness (QED) is 0.488. The molecule has 6 heteroatoms. The van der Waals surface area contributed by atoms with Gasteiger partial charge in [-0.15, -0.1) is 24.0 Å². The Bertz CT molecular complexity index is 368. The van der Waals surface area contributed by atoms with Gasteiger partial charge in [-0.05, 0) is 34.6 Å². The number of aryl methyl sites for hydroxylation is 2. The molecule has 2 N–H and O–H groups in total. The maximum atomic E-state index is 5.11. The third kappa shape index (κ3) is 5.24. The second-order valence-electron chi connectivity index (χ2n) is 4.30. The molecule has 0 radical (unpaired) electrons.